The number of rotatable bonds is 8. The number of anilines is 1. The summed E-state index contributed by atoms with van der Waals surface area (Å²) in [5, 5.41) is 9.00. The molecular weight excluding hydrogens is 384 g/mol. The average Bonchev–Trinajstić information content (AvgIpc) is 3.42. The zero-order chi connectivity index (χ0) is 19.2. The number of hydrogen-bond donors (Lipinski definition) is 1. The molecule has 0 unspecified atom stereocenters. The summed E-state index contributed by atoms with van der Waals surface area (Å²) in [5.41, 5.74) is 3.98. The summed E-state index contributed by atoms with van der Waals surface area (Å²) >= 11 is 3.29. The third kappa shape index (κ3) is 4.29. The quantitative estimate of drug-likeness (QED) is 0.503. The van der Waals surface area contributed by atoms with Gasteiger partial charge < -0.3 is 5.32 Å². The van der Waals surface area contributed by atoms with Gasteiger partial charge in [-0.2, -0.15) is 0 Å². The van der Waals surface area contributed by atoms with E-state index in [1.165, 1.54) is 29.7 Å². The van der Waals surface area contributed by atoms with E-state index in [4.69, 9.17) is 4.98 Å². The molecule has 0 aliphatic carbocycles. The van der Waals surface area contributed by atoms with Gasteiger partial charge in [-0.1, -0.05) is 43.7 Å². The zero-order valence-corrected chi connectivity index (χ0v) is 18.1. The van der Waals surface area contributed by atoms with Crippen LogP contribution in [0.5, 0.6) is 0 Å². The number of unbranched alkanes of at least 4 members (excludes halogenated alkanes) is 1. The van der Waals surface area contributed by atoms with Crippen LogP contribution in [0.4, 0.5) is 5.13 Å². The van der Waals surface area contributed by atoms with E-state index in [-0.39, 0.29) is 5.41 Å². The van der Waals surface area contributed by atoms with Crippen LogP contribution in [0.25, 0.3) is 0 Å². The van der Waals surface area contributed by atoms with Gasteiger partial charge in [0.05, 0.1) is 5.69 Å². The molecule has 0 spiro atoms. The van der Waals surface area contributed by atoms with Gasteiger partial charge in [-0.25, -0.2) is 9.36 Å². The maximum absolute atomic E-state index is 5.04. The van der Waals surface area contributed by atoms with Crippen LogP contribution in [0, 0.1) is 0 Å². The molecule has 148 valence electrons. The van der Waals surface area contributed by atoms with Gasteiger partial charge in [0.15, 0.2) is 5.13 Å². The summed E-state index contributed by atoms with van der Waals surface area (Å²) in [6, 6.07) is 11.0. The van der Waals surface area contributed by atoms with Gasteiger partial charge in [0, 0.05) is 35.5 Å². The van der Waals surface area contributed by atoms with Crippen molar-refractivity contribution in [3.05, 3.63) is 64.1 Å². The molecule has 28 heavy (non-hydrogen) atoms. The molecule has 0 atom stereocenters. The topological polar surface area (TPSA) is 41.1 Å². The molecule has 1 aliphatic rings. The number of benzene rings is 1. The van der Waals surface area contributed by atoms with Crippen LogP contribution in [0.2, 0.25) is 0 Å². The Labute approximate surface area is 175 Å². The number of likely N-dealkylation sites (tertiary alicyclic amines) is 1. The van der Waals surface area contributed by atoms with Crippen LogP contribution >= 0.6 is 22.9 Å². The Morgan fingerprint density at radius 2 is 1.96 bits per heavy atom. The third-order valence-electron chi connectivity index (χ3n) is 5.73. The minimum absolute atomic E-state index is 0.0197. The van der Waals surface area contributed by atoms with Crippen molar-refractivity contribution in [1.29, 1.82) is 0 Å². The smallest absolute Gasteiger partial charge is 0.182 e. The first-order valence-electron chi connectivity index (χ1n) is 10.2. The Morgan fingerprint density at radius 3 is 2.68 bits per heavy atom. The van der Waals surface area contributed by atoms with E-state index in [1.54, 1.807) is 22.9 Å². The number of nitrogens with zero attached hydrogens (tertiary/aromatic N) is 3. The first kappa shape index (κ1) is 19.6. The fraction of sp³-hybridized carbons (Fsp3) is 0.455. The highest BCUT2D eigenvalue weighted by atomic mass is 32.1. The van der Waals surface area contributed by atoms with Crippen LogP contribution < -0.4 is 5.32 Å². The van der Waals surface area contributed by atoms with E-state index >= 15 is 0 Å². The molecular formula is C22H28N4S2. The second-order valence-electron chi connectivity index (χ2n) is 7.58. The normalized spacial score (nSPS) is 16.9. The van der Waals surface area contributed by atoms with Gasteiger partial charge in [-0.3, -0.25) is 4.90 Å². The van der Waals surface area contributed by atoms with Crippen molar-refractivity contribution in [1.82, 2.24) is 14.3 Å². The molecule has 3 aromatic rings. The maximum atomic E-state index is 5.04. The van der Waals surface area contributed by atoms with E-state index in [0.717, 1.165) is 44.2 Å². The van der Waals surface area contributed by atoms with Crippen LogP contribution in [-0.4, -0.2) is 33.9 Å². The Kier molecular flexibility index (Phi) is 6.40. The molecule has 6 heteroatoms. The van der Waals surface area contributed by atoms with Crippen molar-refractivity contribution >= 4 is 28.0 Å². The van der Waals surface area contributed by atoms with Crippen LogP contribution in [0.3, 0.4) is 0 Å². The van der Waals surface area contributed by atoms with E-state index in [2.05, 4.69) is 62.6 Å². The lowest BCUT2D eigenvalue weighted by Crippen LogP contribution is -2.43. The van der Waals surface area contributed by atoms with Gasteiger partial charge in [0.25, 0.3) is 0 Å². The van der Waals surface area contributed by atoms with E-state index in [0.29, 0.717) is 0 Å². The van der Waals surface area contributed by atoms with Crippen LogP contribution in [0.1, 0.15) is 49.4 Å². The molecule has 2 aromatic heterocycles. The summed E-state index contributed by atoms with van der Waals surface area (Å²) in [4.78, 5) is 7.59. The molecule has 0 bridgehead atoms. The third-order valence-corrected chi connectivity index (χ3v) is 7.16. The second-order valence-corrected chi connectivity index (χ2v) is 9.09. The van der Waals surface area contributed by atoms with Gasteiger partial charge in [0.1, 0.15) is 0 Å². The minimum atomic E-state index is 0.0197. The summed E-state index contributed by atoms with van der Waals surface area (Å²) in [5.74, 6) is 0. The van der Waals surface area contributed by atoms with Crippen molar-refractivity contribution in [2.24, 2.45) is 0 Å². The molecule has 0 radical (unpaired) electrons. The highest BCUT2D eigenvalue weighted by molar-refractivity contribution is 7.13. The highest BCUT2D eigenvalue weighted by Gasteiger charge is 2.39. The molecule has 1 N–H and O–H groups in total. The first-order chi connectivity index (χ1) is 13.8. The van der Waals surface area contributed by atoms with Crippen molar-refractivity contribution in [2.75, 3.05) is 25.0 Å². The Balaban J connectivity index is 1.53. The largest absolute Gasteiger partial charge is 0.362 e. The van der Waals surface area contributed by atoms with E-state index in [9.17, 15) is 0 Å². The number of thiazole rings is 1. The lowest BCUT2D eigenvalue weighted by molar-refractivity contribution is 0.170. The Hall–Kier alpha value is -1.76. The molecule has 1 fully saturated rings. The summed E-state index contributed by atoms with van der Waals surface area (Å²) in [6.07, 6.45) is 6.59. The predicted molar refractivity (Wildman–Crippen MR) is 119 cm³/mol. The van der Waals surface area contributed by atoms with Crippen LogP contribution in [-0.2, 0) is 12.0 Å². The van der Waals surface area contributed by atoms with Crippen molar-refractivity contribution in [3.63, 3.8) is 0 Å². The SMILES string of the molecule is CCCCNc1nc(C2(c3ccccc3)CCN(Cc3cnsc3)CC2)cs1. The van der Waals surface area contributed by atoms with Crippen molar-refractivity contribution in [3.8, 4) is 0 Å². The van der Waals surface area contributed by atoms with Gasteiger partial charge >= 0.3 is 0 Å². The number of aromatic nitrogens is 2. The lowest BCUT2D eigenvalue weighted by Gasteiger charge is -2.41. The molecule has 0 amide bonds. The molecule has 1 saturated heterocycles. The predicted octanol–water partition coefficient (Wildman–Crippen LogP) is 5.39. The highest BCUT2D eigenvalue weighted by Crippen LogP contribution is 2.42. The van der Waals surface area contributed by atoms with E-state index < -0.39 is 0 Å². The molecule has 4 nitrogen and oxygen atoms in total. The van der Waals surface area contributed by atoms with Crippen molar-refractivity contribution in [2.45, 2.75) is 44.6 Å². The van der Waals surface area contributed by atoms with Crippen LogP contribution in [0.15, 0.2) is 47.3 Å². The lowest BCUT2D eigenvalue weighted by atomic mass is 9.70. The Bertz CT molecular complexity index is 837. The number of hydrogen-bond acceptors (Lipinski definition) is 6. The first-order valence-corrected chi connectivity index (χ1v) is 11.9. The summed E-state index contributed by atoms with van der Waals surface area (Å²) < 4.78 is 4.24. The average molecular weight is 413 g/mol. The second kappa shape index (κ2) is 9.16. The van der Waals surface area contributed by atoms with Gasteiger partial charge in [0.2, 0.25) is 0 Å². The zero-order valence-electron chi connectivity index (χ0n) is 16.4. The van der Waals surface area contributed by atoms with Gasteiger partial charge in [-0.15, -0.1) is 11.3 Å². The molecule has 4 rings (SSSR count). The van der Waals surface area contributed by atoms with Gasteiger partial charge in [-0.05, 0) is 55.0 Å². The molecule has 0 saturated carbocycles. The number of piperidine rings is 1. The van der Waals surface area contributed by atoms with Crippen molar-refractivity contribution < 1.29 is 0 Å². The fourth-order valence-electron chi connectivity index (χ4n) is 4.05. The molecule has 1 aliphatic heterocycles. The fourth-order valence-corrected chi connectivity index (χ4v) is 5.42. The summed E-state index contributed by atoms with van der Waals surface area (Å²) in [7, 11) is 0. The van der Waals surface area contributed by atoms with E-state index in [1.807, 2.05) is 6.20 Å². The standard InChI is InChI=1S/C22H28N4S2/c1-2-3-11-23-21-25-20(17-27-21)22(19-7-5-4-6-8-19)9-12-26(13-10-22)15-18-14-24-28-16-18/h4-8,14,16-17H,2-3,9-13,15H2,1H3,(H,23,25). The summed E-state index contributed by atoms with van der Waals surface area (Å²) in [6.45, 7) is 6.40. The molecule has 1 aromatic carbocycles. The molecule has 3 heterocycles. The Morgan fingerprint density at radius 1 is 1.14 bits per heavy atom. The minimum Gasteiger partial charge on any atom is -0.362 e. The maximum Gasteiger partial charge on any atom is 0.182 e. The monoisotopic (exact) mass is 412 g/mol. The number of nitrogens with one attached hydrogen (secondary N) is 1.